The average Bonchev–Trinajstić information content (AvgIpc) is 2.26. The highest BCUT2D eigenvalue weighted by Crippen LogP contribution is 1.96. The predicted molar refractivity (Wildman–Crippen MR) is 62.3 cm³/mol. The summed E-state index contributed by atoms with van der Waals surface area (Å²) in [6, 6.07) is 1.69. The van der Waals surface area contributed by atoms with Crippen LogP contribution in [0.15, 0.2) is 0 Å². The molecule has 0 radical (unpaired) electrons. The fourth-order valence-electron chi connectivity index (χ4n) is 0.932. The van der Waals surface area contributed by atoms with Gasteiger partial charge in [-0.25, -0.2) is 13.1 Å². The van der Waals surface area contributed by atoms with Gasteiger partial charge in [0.05, 0.1) is 6.07 Å². The summed E-state index contributed by atoms with van der Waals surface area (Å²) in [6.45, 7) is 5.03. The van der Waals surface area contributed by atoms with E-state index in [1.165, 1.54) is 6.92 Å². The lowest BCUT2D eigenvalue weighted by atomic mass is 10.4. The van der Waals surface area contributed by atoms with Crippen LogP contribution in [0.1, 0.15) is 33.1 Å². The monoisotopic (exact) mass is 248 g/mol. The van der Waals surface area contributed by atoms with Crippen LogP contribution in [0, 0.1) is 11.3 Å². The van der Waals surface area contributed by atoms with E-state index in [1.807, 2.05) is 0 Å². The number of rotatable bonds is 9. The van der Waals surface area contributed by atoms with Crippen LogP contribution in [-0.2, 0) is 14.8 Å². The third kappa shape index (κ3) is 6.77. The maximum Gasteiger partial charge on any atom is 0.227 e. The molecule has 5 nitrogen and oxygen atoms in total. The van der Waals surface area contributed by atoms with Crippen LogP contribution in [-0.4, -0.2) is 33.4 Å². The van der Waals surface area contributed by atoms with Gasteiger partial charge >= 0.3 is 0 Å². The van der Waals surface area contributed by atoms with Crippen molar-refractivity contribution < 1.29 is 13.2 Å². The highest BCUT2D eigenvalue weighted by atomic mass is 32.2. The number of ether oxygens (including phenoxy) is 1. The van der Waals surface area contributed by atoms with Gasteiger partial charge in [-0.05, 0) is 19.8 Å². The summed E-state index contributed by atoms with van der Waals surface area (Å²) in [5, 5.41) is 7.47. The molecule has 0 aliphatic rings. The lowest BCUT2D eigenvalue weighted by Crippen LogP contribution is -2.32. The first-order valence-electron chi connectivity index (χ1n) is 5.50. The van der Waals surface area contributed by atoms with E-state index < -0.39 is 15.3 Å². The summed E-state index contributed by atoms with van der Waals surface area (Å²) in [5.74, 6) is 0. The molecule has 0 spiro atoms. The molecule has 6 heteroatoms. The van der Waals surface area contributed by atoms with Gasteiger partial charge in [0.2, 0.25) is 10.0 Å². The fraction of sp³-hybridized carbons (Fsp3) is 0.900. The summed E-state index contributed by atoms with van der Waals surface area (Å²) < 4.78 is 30.3. The van der Waals surface area contributed by atoms with Gasteiger partial charge in [-0.3, -0.25) is 0 Å². The molecule has 0 aromatic rings. The fourth-order valence-corrected chi connectivity index (χ4v) is 1.75. The second-order valence-electron chi connectivity index (χ2n) is 3.53. The van der Waals surface area contributed by atoms with Crippen LogP contribution in [0.5, 0.6) is 0 Å². The summed E-state index contributed by atoms with van der Waals surface area (Å²) in [5.41, 5.74) is 0. The van der Waals surface area contributed by atoms with Crippen LogP contribution < -0.4 is 4.72 Å². The molecular weight excluding hydrogens is 228 g/mol. The summed E-state index contributed by atoms with van der Waals surface area (Å²) in [7, 11) is -3.47. The lowest BCUT2D eigenvalue weighted by molar-refractivity contribution is 0.130. The minimum atomic E-state index is -3.47. The van der Waals surface area contributed by atoms with E-state index in [-0.39, 0.29) is 0 Å². The number of hydrogen-bond donors (Lipinski definition) is 1. The van der Waals surface area contributed by atoms with E-state index in [9.17, 15) is 8.42 Å². The molecule has 0 bridgehead atoms. The average molecular weight is 248 g/mol. The van der Waals surface area contributed by atoms with Crippen molar-refractivity contribution in [1.82, 2.24) is 4.72 Å². The molecular formula is C10H20N2O3S. The van der Waals surface area contributed by atoms with Crippen molar-refractivity contribution in [1.29, 1.82) is 5.26 Å². The molecule has 0 aromatic carbocycles. The van der Waals surface area contributed by atoms with E-state index >= 15 is 0 Å². The summed E-state index contributed by atoms with van der Waals surface area (Å²) in [6.07, 6.45) is 2.74. The molecule has 0 aromatic heterocycles. The molecule has 16 heavy (non-hydrogen) atoms. The Balaban J connectivity index is 3.56. The number of hydrogen-bond acceptors (Lipinski definition) is 4. The Labute approximate surface area is 97.8 Å². The van der Waals surface area contributed by atoms with Crippen LogP contribution >= 0.6 is 0 Å². The Bertz CT molecular complexity index is 309. The zero-order valence-electron chi connectivity index (χ0n) is 9.90. The zero-order chi connectivity index (χ0) is 12.4. The van der Waals surface area contributed by atoms with Crippen molar-refractivity contribution in [3.8, 4) is 6.07 Å². The number of nitrogens with one attached hydrogen (secondary N) is 1. The van der Waals surface area contributed by atoms with Crippen molar-refractivity contribution >= 4 is 10.0 Å². The van der Waals surface area contributed by atoms with Gasteiger partial charge in [0.25, 0.3) is 0 Å². The third-order valence-corrected chi connectivity index (χ3v) is 3.70. The zero-order valence-corrected chi connectivity index (χ0v) is 10.7. The van der Waals surface area contributed by atoms with E-state index in [4.69, 9.17) is 10.00 Å². The Morgan fingerprint density at radius 2 is 2.00 bits per heavy atom. The maximum absolute atomic E-state index is 11.3. The highest BCUT2D eigenvalue weighted by Gasteiger charge is 2.18. The quantitative estimate of drug-likeness (QED) is 0.618. The Kier molecular flexibility index (Phi) is 8.16. The Morgan fingerprint density at radius 3 is 2.56 bits per heavy atom. The highest BCUT2D eigenvalue weighted by molar-refractivity contribution is 7.90. The van der Waals surface area contributed by atoms with Gasteiger partial charge in [0.1, 0.15) is 0 Å². The van der Waals surface area contributed by atoms with Gasteiger partial charge in [-0.1, -0.05) is 13.3 Å². The van der Waals surface area contributed by atoms with Crippen LogP contribution in [0.25, 0.3) is 0 Å². The maximum atomic E-state index is 11.3. The van der Waals surface area contributed by atoms with Gasteiger partial charge in [0, 0.05) is 19.8 Å². The van der Waals surface area contributed by atoms with E-state index in [0.717, 1.165) is 19.4 Å². The van der Waals surface area contributed by atoms with Crippen molar-refractivity contribution in [2.75, 3.05) is 19.8 Å². The third-order valence-electron chi connectivity index (χ3n) is 2.06. The number of nitriles is 1. The number of nitrogens with zero attached hydrogens (tertiary/aromatic N) is 1. The largest absolute Gasteiger partial charge is 0.381 e. The second kappa shape index (κ2) is 8.50. The van der Waals surface area contributed by atoms with Crippen molar-refractivity contribution in [3.63, 3.8) is 0 Å². The molecule has 94 valence electrons. The Hall–Kier alpha value is -0.640. The first-order chi connectivity index (χ1) is 7.54. The van der Waals surface area contributed by atoms with E-state index in [2.05, 4.69) is 11.6 Å². The minimum Gasteiger partial charge on any atom is -0.381 e. The topological polar surface area (TPSA) is 79.2 Å². The normalized spacial score (nSPS) is 13.3. The summed E-state index contributed by atoms with van der Waals surface area (Å²) in [4.78, 5) is 0. The molecule has 0 saturated heterocycles. The van der Waals surface area contributed by atoms with Crippen LogP contribution in [0.3, 0.4) is 0 Å². The smallest absolute Gasteiger partial charge is 0.227 e. The van der Waals surface area contributed by atoms with Gasteiger partial charge in [0.15, 0.2) is 5.25 Å². The SMILES string of the molecule is CCCCOCCCNS(=O)(=O)C(C)C#N. The van der Waals surface area contributed by atoms with Gasteiger partial charge in [-0.15, -0.1) is 0 Å². The molecule has 1 N–H and O–H groups in total. The van der Waals surface area contributed by atoms with Crippen molar-refractivity contribution in [3.05, 3.63) is 0 Å². The van der Waals surface area contributed by atoms with E-state index in [1.54, 1.807) is 6.07 Å². The molecule has 0 fully saturated rings. The van der Waals surface area contributed by atoms with Gasteiger partial charge in [-0.2, -0.15) is 5.26 Å². The second-order valence-corrected chi connectivity index (χ2v) is 5.62. The first kappa shape index (κ1) is 15.4. The Morgan fingerprint density at radius 1 is 1.38 bits per heavy atom. The first-order valence-corrected chi connectivity index (χ1v) is 7.05. The molecule has 0 amide bonds. The van der Waals surface area contributed by atoms with Crippen molar-refractivity contribution in [2.45, 2.75) is 38.4 Å². The molecule has 0 aliphatic heterocycles. The molecule has 0 heterocycles. The molecule has 0 saturated carbocycles. The lowest BCUT2D eigenvalue weighted by Gasteiger charge is -2.07. The minimum absolute atomic E-state index is 0.320. The standard InChI is InChI=1S/C10H20N2O3S/c1-3-4-7-15-8-5-6-12-16(13,14)10(2)9-11/h10,12H,3-8H2,1-2H3. The van der Waals surface area contributed by atoms with Crippen LogP contribution in [0.4, 0.5) is 0 Å². The number of unbranched alkanes of at least 4 members (excludes halogenated alkanes) is 1. The molecule has 1 unspecified atom stereocenters. The number of sulfonamides is 1. The molecule has 0 rings (SSSR count). The summed E-state index contributed by atoms with van der Waals surface area (Å²) >= 11 is 0. The van der Waals surface area contributed by atoms with Crippen molar-refractivity contribution in [2.24, 2.45) is 0 Å². The molecule has 0 aliphatic carbocycles. The van der Waals surface area contributed by atoms with E-state index in [0.29, 0.717) is 19.6 Å². The van der Waals surface area contributed by atoms with Gasteiger partial charge < -0.3 is 4.74 Å². The molecule has 1 atom stereocenters. The predicted octanol–water partition coefficient (Wildman–Crippen LogP) is 1.02. The van der Waals surface area contributed by atoms with Crippen LogP contribution in [0.2, 0.25) is 0 Å².